The van der Waals surface area contributed by atoms with Gasteiger partial charge in [0.15, 0.2) is 5.82 Å². The Morgan fingerprint density at radius 2 is 2.05 bits per heavy atom. The third-order valence-electron chi connectivity index (χ3n) is 3.69. The molecular formula is C14H16F3N5. The van der Waals surface area contributed by atoms with E-state index in [1.165, 1.54) is 6.07 Å². The van der Waals surface area contributed by atoms with Gasteiger partial charge >= 0.3 is 6.18 Å². The summed E-state index contributed by atoms with van der Waals surface area (Å²) < 4.78 is 40.0. The number of hydrogen-bond donors (Lipinski definition) is 1. The number of halogens is 3. The highest BCUT2D eigenvalue weighted by Crippen LogP contribution is 2.28. The van der Waals surface area contributed by atoms with Crippen molar-refractivity contribution in [1.82, 2.24) is 19.7 Å². The number of rotatable bonds is 3. The molecule has 1 aliphatic heterocycles. The number of pyridine rings is 1. The number of alkyl halides is 3. The van der Waals surface area contributed by atoms with Crippen molar-refractivity contribution in [1.29, 1.82) is 0 Å². The minimum absolute atomic E-state index is 0.342. The lowest BCUT2D eigenvalue weighted by molar-refractivity contribution is -0.141. The topological polar surface area (TPSA) is 55.6 Å². The Bertz CT molecular complexity index is 650. The number of anilines is 1. The summed E-state index contributed by atoms with van der Waals surface area (Å²) in [5.41, 5.74) is -0.536. The molecule has 0 amide bonds. The van der Waals surface area contributed by atoms with E-state index < -0.39 is 11.9 Å². The third-order valence-corrected chi connectivity index (χ3v) is 3.69. The van der Waals surface area contributed by atoms with Crippen LogP contribution in [0.2, 0.25) is 0 Å². The SMILES string of the molecule is FC(F)(F)c1cc(NCc2nnc3n2CCCCC3)ccn1. The van der Waals surface area contributed by atoms with E-state index in [0.717, 1.165) is 56.1 Å². The Labute approximate surface area is 125 Å². The molecule has 2 aromatic heterocycles. The molecule has 0 saturated heterocycles. The summed E-state index contributed by atoms with van der Waals surface area (Å²) >= 11 is 0. The molecule has 0 bridgehead atoms. The number of aryl methyl sites for hydroxylation is 1. The van der Waals surface area contributed by atoms with Gasteiger partial charge in [0.1, 0.15) is 11.5 Å². The van der Waals surface area contributed by atoms with E-state index in [4.69, 9.17) is 0 Å². The van der Waals surface area contributed by atoms with Crippen LogP contribution in [0, 0.1) is 0 Å². The van der Waals surface area contributed by atoms with Gasteiger partial charge in [-0.05, 0) is 25.0 Å². The summed E-state index contributed by atoms with van der Waals surface area (Å²) in [5, 5.41) is 11.3. The van der Waals surface area contributed by atoms with Gasteiger partial charge in [0.2, 0.25) is 0 Å². The fourth-order valence-electron chi connectivity index (χ4n) is 2.55. The second-order valence-corrected chi connectivity index (χ2v) is 5.28. The van der Waals surface area contributed by atoms with Gasteiger partial charge in [0, 0.05) is 24.8 Å². The van der Waals surface area contributed by atoms with Gasteiger partial charge in [-0.1, -0.05) is 6.42 Å². The van der Waals surface area contributed by atoms with E-state index in [1.807, 2.05) is 0 Å². The summed E-state index contributed by atoms with van der Waals surface area (Å²) in [5.74, 6) is 1.71. The number of hydrogen-bond acceptors (Lipinski definition) is 4. The monoisotopic (exact) mass is 311 g/mol. The zero-order chi connectivity index (χ0) is 15.6. The van der Waals surface area contributed by atoms with Crippen LogP contribution in [0.25, 0.3) is 0 Å². The third kappa shape index (κ3) is 3.20. The molecule has 0 unspecified atom stereocenters. The molecule has 0 aromatic carbocycles. The Balaban J connectivity index is 1.72. The van der Waals surface area contributed by atoms with Crippen LogP contribution in [-0.4, -0.2) is 19.7 Å². The van der Waals surface area contributed by atoms with Crippen molar-refractivity contribution in [2.45, 2.75) is 44.9 Å². The normalized spacial score (nSPS) is 15.2. The summed E-state index contributed by atoms with van der Waals surface area (Å²) in [7, 11) is 0. The predicted octanol–water partition coefficient (Wildman–Crippen LogP) is 3.03. The molecule has 22 heavy (non-hydrogen) atoms. The van der Waals surface area contributed by atoms with Gasteiger partial charge in [-0.3, -0.25) is 4.98 Å². The summed E-state index contributed by atoms with van der Waals surface area (Å²) in [6, 6.07) is 2.51. The molecule has 5 nitrogen and oxygen atoms in total. The Morgan fingerprint density at radius 1 is 1.18 bits per heavy atom. The maximum absolute atomic E-state index is 12.6. The van der Waals surface area contributed by atoms with Crippen molar-refractivity contribution in [2.75, 3.05) is 5.32 Å². The van der Waals surface area contributed by atoms with Crippen LogP contribution in [0.4, 0.5) is 18.9 Å². The van der Waals surface area contributed by atoms with Crippen molar-refractivity contribution in [3.63, 3.8) is 0 Å². The highest BCUT2D eigenvalue weighted by atomic mass is 19.4. The second-order valence-electron chi connectivity index (χ2n) is 5.28. The van der Waals surface area contributed by atoms with Gasteiger partial charge < -0.3 is 9.88 Å². The van der Waals surface area contributed by atoms with Gasteiger partial charge in [-0.15, -0.1) is 10.2 Å². The fraction of sp³-hybridized carbons (Fsp3) is 0.500. The smallest absolute Gasteiger partial charge is 0.378 e. The maximum Gasteiger partial charge on any atom is 0.433 e. The molecule has 0 radical (unpaired) electrons. The lowest BCUT2D eigenvalue weighted by atomic mass is 10.2. The minimum Gasteiger partial charge on any atom is -0.378 e. The standard InChI is InChI=1S/C14H16F3N5/c15-14(16,17)11-8-10(5-6-18-11)19-9-13-21-20-12-4-2-1-3-7-22(12)13/h5-6,8H,1-4,7,9H2,(H,18,19). The molecular weight excluding hydrogens is 295 g/mol. The van der Waals surface area contributed by atoms with E-state index in [2.05, 4.69) is 25.1 Å². The molecule has 1 N–H and O–H groups in total. The van der Waals surface area contributed by atoms with Crippen LogP contribution >= 0.6 is 0 Å². The van der Waals surface area contributed by atoms with Gasteiger partial charge in [-0.25, -0.2) is 0 Å². The number of fused-ring (bicyclic) bond motifs is 1. The summed E-state index contributed by atoms with van der Waals surface area (Å²) in [6.45, 7) is 1.21. The van der Waals surface area contributed by atoms with E-state index >= 15 is 0 Å². The second kappa shape index (κ2) is 5.94. The number of nitrogens with one attached hydrogen (secondary N) is 1. The lowest BCUT2D eigenvalue weighted by Gasteiger charge is -2.11. The maximum atomic E-state index is 12.6. The Kier molecular flexibility index (Phi) is 4.00. The van der Waals surface area contributed by atoms with Gasteiger partial charge in [0.25, 0.3) is 0 Å². The van der Waals surface area contributed by atoms with Crippen LogP contribution in [-0.2, 0) is 25.7 Å². The summed E-state index contributed by atoms with van der Waals surface area (Å²) in [4.78, 5) is 3.34. The van der Waals surface area contributed by atoms with Crippen LogP contribution in [0.15, 0.2) is 18.3 Å². The highest BCUT2D eigenvalue weighted by Gasteiger charge is 2.32. The number of nitrogens with zero attached hydrogens (tertiary/aromatic N) is 4. The molecule has 0 atom stereocenters. The Hall–Kier alpha value is -2.12. The molecule has 8 heteroatoms. The van der Waals surface area contributed by atoms with Crippen LogP contribution in [0.1, 0.15) is 36.6 Å². The zero-order valence-corrected chi connectivity index (χ0v) is 11.9. The molecule has 0 spiro atoms. The van der Waals surface area contributed by atoms with E-state index in [9.17, 15) is 13.2 Å². The molecule has 0 saturated carbocycles. The quantitative estimate of drug-likeness (QED) is 0.946. The molecule has 1 aliphatic rings. The van der Waals surface area contributed by atoms with Crippen molar-refractivity contribution in [3.05, 3.63) is 35.7 Å². The largest absolute Gasteiger partial charge is 0.433 e. The van der Waals surface area contributed by atoms with Crippen LogP contribution < -0.4 is 5.32 Å². The Morgan fingerprint density at radius 3 is 2.86 bits per heavy atom. The first-order valence-corrected chi connectivity index (χ1v) is 7.22. The van der Waals surface area contributed by atoms with Crippen molar-refractivity contribution in [2.24, 2.45) is 0 Å². The lowest BCUT2D eigenvalue weighted by Crippen LogP contribution is -2.12. The minimum atomic E-state index is -4.44. The van der Waals surface area contributed by atoms with Crippen molar-refractivity contribution >= 4 is 5.69 Å². The summed E-state index contributed by atoms with van der Waals surface area (Å²) in [6.07, 6.45) is 0.950. The van der Waals surface area contributed by atoms with E-state index in [1.54, 1.807) is 0 Å². The molecule has 0 fully saturated rings. The van der Waals surface area contributed by atoms with E-state index in [0.29, 0.717) is 12.2 Å². The average Bonchev–Trinajstić information content (AvgIpc) is 2.72. The zero-order valence-electron chi connectivity index (χ0n) is 11.9. The average molecular weight is 311 g/mol. The number of aromatic nitrogens is 4. The van der Waals surface area contributed by atoms with Crippen LogP contribution in [0.5, 0.6) is 0 Å². The molecule has 0 aliphatic carbocycles. The molecule has 3 heterocycles. The highest BCUT2D eigenvalue weighted by molar-refractivity contribution is 5.43. The van der Waals surface area contributed by atoms with Gasteiger partial charge in [-0.2, -0.15) is 13.2 Å². The fourth-order valence-corrected chi connectivity index (χ4v) is 2.55. The first-order chi connectivity index (χ1) is 10.5. The molecule has 118 valence electrons. The molecule has 2 aromatic rings. The predicted molar refractivity (Wildman–Crippen MR) is 74.1 cm³/mol. The van der Waals surface area contributed by atoms with Crippen LogP contribution in [0.3, 0.4) is 0 Å². The van der Waals surface area contributed by atoms with Crippen molar-refractivity contribution < 1.29 is 13.2 Å². The van der Waals surface area contributed by atoms with E-state index in [-0.39, 0.29) is 0 Å². The first-order valence-electron chi connectivity index (χ1n) is 7.22. The molecule has 3 rings (SSSR count). The first kappa shape index (κ1) is 14.8. The van der Waals surface area contributed by atoms with Gasteiger partial charge in [0.05, 0.1) is 6.54 Å². The van der Waals surface area contributed by atoms with Crippen molar-refractivity contribution in [3.8, 4) is 0 Å².